The lowest BCUT2D eigenvalue weighted by molar-refractivity contribution is 0.312. The highest BCUT2D eigenvalue weighted by molar-refractivity contribution is 5.82. The Kier molecular flexibility index (Phi) is 2.08. The van der Waals surface area contributed by atoms with E-state index in [1.807, 2.05) is 0 Å². The summed E-state index contributed by atoms with van der Waals surface area (Å²) in [5.74, 6) is 0.949. The molecule has 1 saturated heterocycles. The number of aliphatic imine (C=N–C) groups is 1. The van der Waals surface area contributed by atoms with Crippen LogP contribution in [0.4, 0.5) is 0 Å². The molecule has 1 fully saturated rings. The molecule has 3 nitrogen and oxygen atoms in total. The molecule has 0 bridgehead atoms. The summed E-state index contributed by atoms with van der Waals surface area (Å²) in [7, 11) is 0. The van der Waals surface area contributed by atoms with E-state index in [0.717, 1.165) is 25.6 Å². The predicted octanol–water partition coefficient (Wildman–Crippen LogP) is 0.557. The molecule has 2 aliphatic rings. The number of nitrogens with one attached hydrogen (secondary N) is 1. The number of rotatable bonds is 1. The molecule has 0 radical (unpaired) electrons. The van der Waals surface area contributed by atoms with Crippen LogP contribution in [0.3, 0.4) is 0 Å². The van der Waals surface area contributed by atoms with Gasteiger partial charge in [-0.2, -0.15) is 0 Å². The summed E-state index contributed by atoms with van der Waals surface area (Å²) in [5, 5.41) is 3.41. The molecule has 2 aliphatic heterocycles. The van der Waals surface area contributed by atoms with Gasteiger partial charge in [-0.25, -0.2) is 0 Å². The highest BCUT2D eigenvalue weighted by atomic mass is 16.5. The number of hydrogen-bond donors (Lipinski definition) is 1. The van der Waals surface area contributed by atoms with Crippen molar-refractivity contribution in [2.45, 2.75) is 25.3 Å². The maximum absolute atomic E-state index is 5.38. The fourth-order valence-corrected chi connectivity index (χ4v) is 1.63. The molecule has 0 aromatic heterocycles. The fraction of sp³-hybridized carbons (Fsp3) is 0.875. The average molecular weight is 154 g/mol. The second-order valence-electron chi connectivity index (χ2n) is 3.07. The average Bonchev–Trinajstić information content (AvgIpc) is 2.58. The molecule has 1 unspecified atom stereocenters. The van der Waals surface area contributed by atoms with Crippen molar-refractivity contribution in [1.29, 1.82) is 0 Å². The van der Waals surface area contributed by atoms with E-state index >= 15 is 0 Å². The fourth-order valence-electron chi connectivity index (χ4n) is 1.63. The zero-order valence-electron chi connectivity index (χ0n) is 6.68. The Bertz CT molecular complexity index is 161. The number of nitrogens with zero attached hydrogens (tertiary/aromatic N) is 1. The van der Waals surface area contributed by atoms with Crippen molar-refractivity contribution in [3.8, 4) is 0 Å². The van der Waals surface area contributed by atoms with Gasteiger partial charge in [0.15, 0.2) is 0 Å². The van der Waals surface area contributed by atoms with E-state index in [4.69, 9.17) is 4.74 Å². The molecule has 0 aromatic carbocycles. The summed E-state index contributed by atoms with van der Waals surface area (Å²) >= 11 is 0. The molecule has 2 heterocycles. The first-order valence-electron chi connectivity index (χ1n) is 4.37. The van der Waals surface area contributed by atoms with Crippen molar-refractivity contribution in [3.63, 3.8) is 0 Å². The zero-order valence-corrected chi connectivity index (χ0v) is 6.68. The lowest BCUT2D eigenvalue weighted by Crippen LogP contribution is -2.40. The van der Waals surface area contributed by atoms with Crippen LogP contribution in [-0.4, -0.2) is 31.6 Å². The highest BCUT2D eigenvalue weighted by Gasteiger charge is 2.21. The third-order valence-corrected chi connectivity index (χ3v) is 2.22. The van der Waals surface area contributed by atoms with Crippen molar-refractivity contribution < 1.29 is 4.74 Å². The van der Waals surface area contributed by atoms with Crippen LogP contribution in [0.2, 0.25) is 0 Å². The van der Waals surface area contributed by atoms with Crippen molar-refractivity contribution in [2.75, 3.05) is 19.7 Å². The summed E-state index contributed by atoms with van der Waals surface area (Å²) < 4.78 is 5.38. The van der Waals surface area contributed by atoms with Gasteiger partial charge in [0.1, 0.15) is 6.61 Å². The highest BCUT2D eigenvalue weighted by Crippen LogP contribution is 2.11. The second kappa shape index (κ2) is 3.22. The number of piperidine rings is 1. The molecule has 3 heteroatoms. The third-order valence-electron chi connectivity index (χ3n) is 2.22. The van der Waals surface area contributed by atoms with Crippen LogP contribution < -0.4 is 5.32 Å². The van der Waals surface area contributed by atoms with Gasteiger partial charge in [-0.05, 0) is 19.4 Å². The molecule has 0 spiro atoms. The Balaban J connectivity index is 1.92. The van der Waals surface area contributed by atoms with E-state index in [1.165, 1.54) is 19.3 Å². The third kappa shape index (κ3) is 1.53. The van der Waals surface area contributed by atoms with E-state index in [2.05, 4.69) is 10.3 Å². The molecular weight excluding hydrogens is 140 g/mol. The van der Waals surface area contributed by atoms with Crippen molar-refractivity contribution >= 4 is 5.90 Å². The van der Waals surface area contributed by atoms with Gasteiger partial charge in [0.25, 0.3) is 0 Å². The maximum Gasteiger partial charge on any atom is 0.201 e. The van der Waals surface area contributed by atoms with Gasteiger partial charge in [-0.15, -0.1) is 0 Å². The standard InChI is InChI=1S/C8H14N2O/c1-2-4-9-7(3-1)8-10-5-6-11-8/h7,9H,1-6H2. The van der Waals surface area contributed by atoms with E-state index in [1.54, 1.807) is 0 Å². The zero-order chi connectivity index (χ0) is 7.52. The van der Waals surface area contributed by atoms with Gasteiger partial charge in [0, 0.05) is 0 Å². The predicted molar refractivity (Wildman–Crippen MR) is 43.9 cm³/mol. The van der Waals surface area contributed by atoms with E-state index < -0.39 is 0 Å². The van der Waals surface area contributed by atoms with E-state index in [-0.39, 0.29) is 0 Å². The van der Waals surface area contributed by atoms with Crippen LogP contribution in [0.1, 0.15) is 19.3 Å². The van der Waals surface area contributed by atoms with Gasteiger partial charge < -0.3 is 10.1 Å². The van der Waals surface area contributed by atoms with Gasteiger partial charge in [-0.1, -0.05) is 6.42 Å². The van der Waals surface area contributed by atoms with Crippen LogP contribution in [0, 0.1) is 0 Å². The van der Waals surface area contributed by atoms with Gasteiger partial charge in [-0.3, -0.25) is 4.99 Å². The molecular formula is C8H14N2O. The van der Waals surface area contributed by atoms with Crippen molar-refractivity contribution in [2.24, 2.45) is 4.99 Å². The van der Waals surface area contributed by atoms with Crippen LogP contribution in [0.25, 0.3) is 0 Å². The first kappa shape index (κ1) is 7.10. The number of ether oxygens (including phenoxy) is 1. The SMILES string of the molecule is C1CCC(C2=NCCO2)NC1. The summed E-state index contributed by atoms with van der Waals surface area (Å²) in [5.41, 5.74) is 0. The minimum atomic E-state index is 0.422. The second-order valence-corrected chi connectivity index (χ2v) is 3.07. The maximum atomic E-state index is 5.38. The molecule has 0 aromatic rings. The minimum absolute atomic E-state index is 0.422. The van der Waals surface area contributed by atoms with Crippen LogP contribution >= 0.6 is 0 Å². The molecule has 62 valence electrons. The molecule has 0 amide bonds. The molecule has 1 atom stereocenters. The van der Waals surface area contributed by atoms with Crippen molar-refractivity contribution in [1.82, 2.24) is 5.32 Å². The Morgan fingerprint density at radius 1 is 1.45 bits per heavy atom. The van der Waals surface area contributed by atoms with E-state index in [0.29, 0.717) is 6.04 Å². The van der Waals surface area contributed by atoms with Gasteiger partial charge in [0.2, 0.25) is 5.90 Å². The number of hydrogen-bond acceptors (Lipinski definition) is 3. The largest absolute Gasteiger partial charge is 0.478 e. The normalized spacial score (nSPS) is 31.3. The molecule has 2 rings (SSSR count). The first-order valence-corrected chi connectivity index (χ1v) is 4.37. The van der Waals surface area contributed by atoms with Crippen molar-refractivity contribution in [3.05, 3.63) is 0 Å². The monoisotopic (exact) mass is 154 g/mol. The lowest BCUT2D eigenvalue weighted by Gasteiger charge is -2.22. The Morgan fingerprint density at radius 2 is 2.45 bits per heavy atom. The summed E-state index contributed by atoms with van der Waals surface area (Å²) in [6.45, 7) is 2.76. The molecule has 11 heavy (non-hydrogen) atoms. The van der Waals surface area contributed by atoms with E-state index in [9.17, 15) is 0 Å². The Morgan fingerprint density at radius 3 is 3.09 bits per heavy atom. The van der Waals surface area contributed by atoms with Crippen LogP contribution in [0.5, 0.6) is 0 Å². The van der Waals surface area contributed by atoms with Gasteiger partial charge >= 0.3 is 0 Å². The Labute approximate surface area is 66.8 Å². The molecule has 1 N–H and O–H groups in total. The molecule has 0 saturated carbocycles. The molecule has 0 aliphatic carbocycles. The minimum Gasteiger partial charge on any atom is -0.478 e. The lowest BCUT2D eigenvalue weighted by atomic mass is 10.1. The topological polar surface area (TPSA) is 33.6 Å². The summed E-state index contributed by atoms with van der Waals surface area (Å²) in [6.07, 6.45) is 3.79. The summed E-state index contributed by atoms with van der Waals surface area (Å²) in [6, 6.07) is 0.422. The van der Waals surface area contributed by atoms with Crippen LogP contribution in [0.15, 0.2) is 4.99 Å². The quantitative estimate of drug-likeness (QED) is 0.598. The van der Waals surface area contributed by atoms with Crippen LogP contribution in [-0.2, 0) is 4.74 Å². The smallest absolute Gasteiger partial charge is 0.201 e. The first-order chi connectivity index (χ1) is 5.47. The Hall–Kier alpha value is -0.570. The van der Waals surface area contributed by atoms with Gasteiger partial charge in [0.05, 0.1) is 12.6 Å². The summed E-state index contributed by atoms with van der Waals surface area (Å²) in [4.78, 5) is 4.29.